The summed E-state index contributed by atoms with van der Waals surface area (Å²) in [6, 6.07) is 21.0. The lowest BCUT2D eigenvalue weighted by Crippen LogP contribution is -2.07. The Morgan fingerprint density at radius 2 is 1.56 bits per heavy atom. The molecule has 39 heavy (non-hydrogen) atoms. The van der Waals surface area contributed by atoms with E-state index in [0.717, 1.165) is 28.5 Å². The molecule has 0 N–H and O–H groups in total. The Labute approximate surface area is 230 Å². The number of hydrogen-bond acceptors (Lipinski definition) is 2. The summed E-state index contributed by atoms with van der Waals surface area (Å²) in [5, 5.41) is 0. The molecule has 0 unspecified atom stereocenters. The van der Waals surface area contributed by atoms with Crippen LogP contribution in [0, 0.1) is 39.3 Å². The number of hydrogen-bond donors (Lipinski definition) is 0. The number of carbonyl (C=O) groups excluding carboxylic acids is 1. The number of aryl methyl sites for hydroxylation is 2. The third-order valence-corrected chi connectivity index (χ3v) is 7.30. The average Bonchev–Trinajstić information content (AvgIpc) is 2.92. The Hall–Kier alpha value is -4.05. The van der Waals surface area contributed by atoms with Gasteiger partial charge in [-0.15, -0.1) is 0 Å². The second-order valence-corrected chi connectivity index (χ2v) is 10.1. The first-order valence-electron chi connectivity index (χ1n) is 13.2. The molecule has 4 aromatic carbocycles. The molecule has 0 bridgehead atoms. The van der Waals surface area contributed by atoms with Crippen LogP contribution in [0.4, 0.5) is 8.78 Å². The third kappa shape index (κ3) is 6.01. The summed E-state index contributed by atoms with van der Waals surface area (Å²) in [5.41, 5.74) is 6.55. The normalized spacial score (nSPS) is 10.9. The van der Waals surface area contributed by atoms with Gasteiger partial charge in [0.2, 0.25) is 0 Å². The van der Waals surface area contributed by atoms with E-state index in [-0.39, 0.29) is 22.3 Å². The van der Waals surface area contributed by atoms with Crippen molar-refractivity contribution in [3.63, 3.8) is 0 Å². The van der Waals surface area contributed by atoms with Crippen LogP contribution in [0.2, 0.25) is 0 Å². The summed E-state index contributed by atoms with van der Waals surface area (Å²) in [5.74, 6) is -0.453. The van der Waals surface area contributed by atoms with E-state index in [4.69, 9.17) is 4.74 Å². The van der Waals surface area contributed by atoms with Crippen LogP contribution in [-0.2, 0) is 12.8 Å². The molecule has 0 saturated carbocycles. The lowest BCUT2D eigenvalue weighted by molar-refractivity contribution is 0.112. The van der Waals surface area contributed by atoms with E-state index in [9.17, 15) is 4.79 Å². The first-order valence-corrected chi connectivity index (χ1v) is 13.2. The molecule has 0 aromatic heterocycles. The molecule has 0 aliphatic carbocycles. The van der Waals surface area contributed by atoms with Crippen LogP contribution in [0.1, 0.15) is 55.7 Å². The molecule has 0 amide bonds. The van der Waals surface area contributed by atoms with Crippen molar-refractivity contribution >= 4 is 11.9 Å². The monoisotopic (exact) mass is 524 g/mol. The van der Waals surface area contributed by atoms with Crippen molar-refractivity contribution < 1.29 is 18.3 Å². The van der Waals surface area contributed by atoms with Gasteiger partial charge in [-0.25, -0.2) is 8.78 Å². The van der Waals surface area contributed by atoms with E-state index in [1.165, 1.54) is 0 Å². The van der Waals surface area contributed by atoms with E-state index in [1.54, 1.807) is 32.0 Å². The van der Waals surface area contributed by atoms with Gasteiger partial charge in [-0.3, -0.25) is 4.79 Å². The molecule has 2 nitrogen and oxygen atoms in total. The van der Waals surface area contributed by atoms with Gasteiger partial charge < -0.3 is 4.74 Å². The van der Waals surface area contributed by atoms with Crippen molar-refractivity contribution in [1.82, 2.24) is 0 Å². The van der Waals surface area contributed by atoms with Gasteiger partial charge in [0, 0.05) is 28.7 Å². The lowest BCUT2D eigenvalue weighted by atomic mass is 9.87. The highest BCUT2D eigenvalue weighted by molar-refractivity contribution is 5.80. The number of allylic oxidation sites excluding steroid dienone is 1. The van der Waals surface area contributed by atoms with Crippen molar-refractivity contribution in [3.05, 3.63) is 129 Å². The van der Waals surface area contributed by atoms with Crippen LogP contribution in [0.15, 0.2) is 73.3 Å². The highest BCUT2D eigenvalue weighted by atomic mass is 19.1. The molecule has 4 aromatic rings. The highest BCUT2D eigenvalue weighted by Gasteiger charge is 2.24. The zero-order valence-electron chi connectivity index (χ0n) is 23.0. The summed E-state index contributed by atoms with van der Waals surface area (Å²) in [6.45, 7) is 11.6. The average molecular weight is 525 g/mol. The largest absolute Gasteiger partial charge is 0.493 e. The molecule has 0 atom stereocenters. The number of ether oxygens (including phenoxy) is 1. The standard InChI is InChI=1S/C35H34F2O2/c1-22-19-24(3)29(28(20-22)21-38)16-15-23(2)32-25(4)35(37)33(26(5)34(32)36)30-13-9-10-14-31(30)39-18-17-27-11-7-6-8-12-27/h6-14,19-21H,2,15-18H2,1,3-5H3. The third-order valence-electron chi connectivity index (χ3n) is 7.30. The van der Waals surface area contributed by atoms with Crippen molar-refractivity contribution in [1.29, 1.82) is 0 Å². The summed E-state index contributed by atoms with van der Waals surface area (Å²) < 4.78 is 38.0. The molecular formula is C35H34F2O2. The maximum absolute atomic E-state index is 16.0. The van der Waals surface area contributed by atoms with Crippen LogP contribution in [-0.4, -0.2) is 12.9 Å². The van der Waals surface area contributed by atoms with Crippen molar-refractivity contribution in [2.75, 3.05) is 6.61 Å². The lowest BCUT2D eigenvalue weighted by Gasteiger charge is -2.20. The molecular weight excluding hydrogens is 490 g/mol. The first-order chi connectivity index (χ1) is 18.7. The number of halogens is 2. The Balaban J connectivity index is 1.62. The molecule has 4 rings (SSSR count). The Morgan fingerprint density at radius 3 is 2.28 bits per heavy atom. The van der Waals surface area contributed by atoms with Crippen LogP contribution < -0.4 is 4.74 Å². The molecule has 0 aliphatic rings. The number of para-hydroxylation sites is 1. The molecule has 0 aliphatic heterocycles. The number of benzene rings is 4. The maximum atomic E-state index is 16.0. The summed E-state index contributed by atoms with van der Waals surface area (Å²) >= 11 is 0. The number of carbonyl (C=O) groups is 1. The predicted octanol–water partition coefficient (Wildman–Crippen LogP) is 8.95. The van der Waals surface area contributed by atoms with Gasteiger partial charge in [-0.1, -0.05) is 66.7 Å². The van der Waals surface area contributed by atoms with Gasteiger partial charge in [0.05, 0.1) is 6.61 Å². The summed E-state index contributed by atoms with van der Waals surface area (Å²) in [7, 11) is 0. The van der Waals surface area contributed by atoms with Gasteiger partial charge in [0.25, 0.3) is 0 Å². The minimum atomic E-state index is -0.482. The van der Waals surface area contributed by atoms with Crippen LogP contribution in [0.25, 0.3) is 16.7 Å². The van der Waals surface area contributed by atoms with Crippen LogP contribution >= 0.6 is 0 Å². The molecule has 0 spiro atoms. The fourth-order valence-corrected chi connectivity index (χ4v) is 5.26. The summed E-state index contributed by atoms with van der Waals surface area (Å²) in [4.78, 5) is 11.6. The second kappa shape index (κ2) is 12.2. The van der Waals surface area contributed by atoms with E-state index in [2.05, 4.69) is 6.58 Å². The zero-order valence-corrected chi connectivity index (χ0v) is 23.0. The van der Waals surface area contributed by atoms with Crippen molar-refractivity contribution in [2.24, 2.45) is 0 Å². The molecule has 4 heteroatoms. The molecule has 0 fully saturated rings. The van der Waals surface area contributed by atoms with E-state index in [1.807, 2.05) is 62.4 Å². The van der Waals surface area contributed by atoms with E-state index < -0.39 is 11.6 Å². The fourth-order valence-electron chi connectivity index (χ4n) is 5.26. The zero-order chi connectivity index (χ0) is 28.1. The van der Waals surface area contributed by atoms with E-state index in [0.29, 0.717) is 48.3 Å². The molecule has 0 saturated heterocycles. The minimum absolute atomic E-state index is 0.202. The van der Waals surface area contributed by atoms with Crippen molar-refractivity contribution in [2.45, 2.75) is 47.0 Å². The smallest absolute Gasteiger partial charge is 0.150 e. The van der Waals surface area contributed by atoms with Gasteiger partial charge in [-0.2, -0.15) is 0 Å². The molecule has 0 radical (unpaired) electrons. The van der Waals surface area contributed by atoms with Crippen LogP contribution in [0.5, 0.6) is 5.75 Å². The first kappa shape index (κ1) is 28.0. The topological polar surface area (TPSA) is 26.3 Å². The van der Waals surface area contributed by atoms with Crippen molar-refractivity contribution in [3.8, 4) is 16.9 Å². The maximum Gasteiger partial charge on any atom is 0.150 e. The second-order valence-electron chi connectivity index (χ2n) is 10.1. The summed E-state index contributed by atoms with van der Waals surface area (Å²) in [6.07, 6.45) is 2.47. The van der Waals surface area contributed by atoms with Gasteiger partial charge in [0.1, 0.15) is 23.7 Å². The van der Waals surface area contributed by atoms with Gasteiger partial charge >= 0.3 is 0 Å². The number of aldehydes is 1. The Kier molecular flexibility index (Phi) is 8.75. The molecule has 0 heterocycles. The highest BCUT2D eigenvalue weighted by Crippen LogP contribution is 2.40. The molecule has 200 valence electrons. The SMILES string of the molecule is C=C(CCc1c(C)cc(C)cc1C=O)c1c(C)c(F)c(-c2ccccc2OCCc2ccccc2)c(C)c1F. The minimum Gasteiger partial charge on any atom is -0.493 e. The van der Waals surface area contributed by atoms with Gasteiger partial charge in [0.15, 0.2) is 0 Å². The Morgan fingerprint density at radius 1 is 0.872 bits per heavy atom. The number of rotatable bonds is 10. The predicted molar refractivity (Wildman–Crippen MR) is 156 cm³/mol. The Bertz CT molecular complexity index is 1490. The quantitative estimate of drug-likeness (QED) is 0.194. The fraction of sp³-hybridized carbons (Fsp3) is 0.229. The van der Waals surface area contributed by atoms with Gasteiger partial charge in [-0.05, 0) is 86.1 Å². The van der Waals surface area contributed by atoms with Crippen LogP contribution in [0.3, 0.4) is 0 Å². The van der Waals surface area contributed by atoms with E-state index >= 15 is 8.78 Å².